The quantitative estimate of drug-likeness (QED) is 0.625. The van der Waals surface area contributed by atoms with Crippen LogP contribution in [-0.4, -0.2) is 22.4 Å². The Morgan fingerprint density at radius 1 is 1.50 bits per heavy atom. The number of H-pyrrole nitrogens is 3. The number of carbonyl (C=O) groups is 1. The predicted molar refractivity (Wildman–Crippen MR) is 69.0 cm³/mol. The zero-order chi connectivity index (χ0) is 12.7. The molecule has 2 aromatic heterocycles. The lowest BCUT2D eigenvalue weighted by Crippen LogP contribution is -2.23. The molecule has 1 aliphatic rings. The Morgan fingerprint density at radius 2 is 2.33 bits per heavy atom. The van der Waals surface area contributed by atoms with E-state index in [0.29, 0.717) is 18.2 Å². The molecule has 0 saturated carbocycles. The molecule has 1 aliphatic heterocycles. The standard InChI is InChI=1S/C11H12BrN5O/c12-6-3-15-9-8(6)5(1-2-14-10(9)18)7-4-16-11(13)17-7/h3-5,15H,1-2H2,(H,14,18)(H3,13,16,17)/p+1. The van der Waals surface area contributed by atoms with Gasteiger partial charge in [-0.15, -0.1) is 0 Å². The van der Waals surface area contributed by atoms with Gasteiger partial charge in [-0.25, -0.2) is 9.97 Å². The van der Waals surface area contributed by atoms with Gasteiger partial charge in [-0.3, -0.25) is 10.5 Å². The number of imidazole rings is 1. The first-order chi connectivity index (χ1) is 8.66. The van der Waals surface area contributed by atoms with Crippen molar-refractivity contribution in [2.45, 2.75) is 12.3 Å². The fourth-order valence-corrected chi connectivity index (χ4v) is 2.97. The number of aromatic nitrogens is 3. The molecule has 6 N–H and O–H groups in total. The first kappa shape index (κ1) is 11.3. The van der Waals surface area contributed by atoms with E-state index in [1.54, 1.807) is 6.20 Å². The average molecular weight is 311 g/mol. The fourth-order valence-electron chi connectivity index (χ4n) is 2.38. The molecule has 1 amide bonds. The molecule has 0 aliphatic carbocycles. The summed E-state index contributed by atoms with van der Waals surface area (Å²) in [5.74, 6) is 0.552. The maximum atomic E-state index is 11.9. The van der Waals surface area contributed by atoms with Gasteiger partial charge in [0.05, 0.1) is 6.20 Å². The van der Waals surface area contributed by atoms with E-state index in [9.17, 15) is 4.79 Å². The van der Waals surface area contributed by atoms with Crippen LogP contribution in [0, 0.1) is 0 Å². The van der Waals surface area contributed by atoms with Gasteiger partial charge in [0.25, 0.3) is 5.91 Å². The van der Waals surface area contributed by atoms with Crippen LogP contribution in [0.4, 0.5) is 5.95 Å². The van der Waals surface area contributed by atoms with Crippen molar-refractivity contribution in [3.63, 3.8) is 0 Å². The number of aromatic amines is 3. The predicted octanol–water partition coefficient (Wildman–Crippen LogP) is 0.767. The lowest BCUT2D eigenvalue weighted by molar-refractivity contribution is -0.358. The number of nitrogen functional groups attached to an aromatic ring is 1. The van der Waals surface area contributed by atoms with Crippen LogP contribution in [0.1, 0.15) is 34.1 Å². The van der Waals surface area contributed by atoms with Crippen LogP contribution in [0.2, 0.25) is 0 Å². The Bertz CT molecular complexity index is 602. The van der Waals surface area contributed by atoms with Crippen molar-refractivity contribution in [1.29, 1.82) is 0 Å². The second-order valence-corrected chi connectivity index (χ2v) is 5.16. The van der Waals surface area contributed by atoms with E-state index in [1.807, 2.05) is 6.20 Å². The van der Waals surface area contributed by atoms with E-state index in [2.05, 4.69) is 36.2 Å². The molecule has 0 spiro atoms. The van der Waals surface area contributed by atoms with Crippen LogP contribution >= 0.6 is 15.9 Å². The topological polar surface area (TPSA) is 101 Å². The second kappa shape index (κ2) is 4.16. The largest absolute Gasteiger partial charge is 0.356 e. The minimum atomic E-state index is -0.0679. The van der Waals surface area contributed by atoms with Gasteiger partial charge in [-0.2, -0.15) is 0 Å². The third kappa shape index (κ3) is 1.71. The van der Waals surface area contributed by atoms with Gasteiger partial charge in [0.15, 0.2) is 0 Å². The summed E-state index contributed by atoms with van der Waals surface area (Å²) in [6.45, 7) is 0.636. The Kier molecular flexibility index (Phi) is 2.62. The molecule has 3 rings (SSSR count). The third-order valence-corrected chi connectivity index (χ3v) is 3.86. The van der Waals surface area contributed by atoms with Crippen molar-refractivity contribution in [3.05, 3.63) is 33.8 Å². The van der Waals surface area contributed by atoms with Crippen molar-refractivity contribution in [2.75, 3.05) is 12.3 Å². The van der Waals surface area contributed by atoms with Crippen LogP contribution in [-0.2, 0) is 0 Å². The highest BCUT2D eigenvalue weighted by molar-refractivity contribution is 9.10. The molecule has 0 fully saturated rings. The SMILES string of the molecule is Nc1[nH]c(C2CCNC(=O)c3[nH]cc(Br)c32)c[nH+]1. The van der Waals surface area contributed by atoms with Gasteiger partial charge in [0, 0.05) is 28.7 Å². The lowest BCUT2D eigenvalue weighted by atomic mass is 9.94. The summed E-state index contributed by atoms with van der Waals surface area (Å²) in [7, 11) is 0. The van der Waals surface area contributed by atoms with E-state index >= 15 is 0 Å². The smallest absolute Gasteiger partial charge is 0.350 e. The first-order valence-electron chi connectivity index (χ1n) is 5.68. The molecule has 3 heterocycles. The number of halogens is 1. The highest BCUT2D eigenvalue weighted by Gasteiger charge is 2.30. The summed E-state index contributed by atoms with van der Waals surface area (Å²) in [5, 5.41) is 2.87. The molecule has 94 valence electrons. The summed E-state index contributed by atoms with van der Waals surface area (Å²) >= 11 is 3.49. The molecule has 6 nitrogen and oxygen atoms in total. The number of hydrogen-bond donors (Lipinski definition) is 4. The molecule has 1 atom stereocenters. The molecular weight excluding hydrogens is 298 g/mol. The maximum absolute atomic E-state index is 11.9. The summed E-state index contributed by atoms with van der Waals surface area (Å²) < 4.78 is 0.910. The van der Waals surface area contributed by atoms with Crippen molar-refractivity contribution in [2.24, 2.45) is 0 Å². The molecule has 7 heteroatoms. The summed E-state index contributed by atoms with van der Waals surface area (Å²) in [5.41, 5.74) is 8.23. The van der Waals surface area contributed by atoms with Crippen LogP contribution < -0.4 is 16.0 Å². The van der Waals surface area contributed by atoms with Crippen LogP contribution in [0.3, 0.4) is 0 Å². The van der Waals surface area contributed by atoms with Gasteiger partial charge < -0.3 is 10.3 Å². The number of hydrogen-bond acceptors (Lipinski definition) is 2. The van der Waals surface area contributed by atoms with Gasteiger partial charge in [-0.1, -0.05) is 0 Å². The number of nitrogens with one attached hydrogen (secondary N) is 4. The third-order valence-electron chi connectivity index (χ3n) is 3.20. The highest BCUT2D eigenvalue weighted by Crippen LogP contribution is 2.35. The molecular formula is C11H13BrN5O+. The van der Waals surface area contributed by atoms with Crippen LogP contribution in [0.5, 0.6) is 0 Å². The Labute approximate surface area is 111 Å². The first-order valence-corrected chi connectivity index (χ1v) is 6.47. The van der Waals surface area contributed by atoms with E-state index in [4.69, 9.17) is 5.73 Å². The van der Waals surface area contributed by atoms with Gasteiger partial charge in [0.2, 0.25) is 0 Å². The van der Waals surface area contributed by atoms with Crippen LogP contribution in [0.25, 0.3) is 0 Å². The van der Waals surface area contributed by atoms with E-state index in [-0.39, 0.29) is 11.8 Å². The fraction of sp³-hybridized carbons (Fsp3) is 0.273. The molecule has 1 unspecified atom stereocenters. The molecule has 2 aromatic rings. The highest BCUT2D eigenvalue weighted by atomic mass is 79.9. The van der Waals surface area contributed by atoms with E-state index in [0.717, 1.165) is 22.2 Å². The second-order valence-electron chi connectivity index (χ2n) is 4.31. The number of carbonyl (C=O) groups excluding carboxylic acids is 1. The van der Waals surface area contributed by atoms with E-state index < -0.39 is 0 Å². The van der Waals surface area contributed by atoms with Gasteiger partial charge >= 0.3 is 5.95 Å². The molecule has 18 heavy (non-hydrogen) atoms. The monoisotopic (exact) mass is 310 g/mol. The normalized spacial score (nSPS) is 19.2. The van der Waals surface area contributed by atoms with E-state index in [1.165, 1.54) is 0 Å². The minimum absolute atomic E-state index is 0.0679. The minimum Gasteiger partial charge on any atom is -0.356 e. The lowest BCUT2D eigenvalue weighted by Gasteiger charge is -2.10. The Morgan fingerprint density at radius 3 is 3.06 bits per heavy atom. The Hall–Kier alpha value is -1.76. The van der Waals surface area contributed by atoms with Crippen molar-refractivity contribution in [3.8, 4) is 0 Å². The van der Waals surface area contributed by atoms with Gasteiger partial charge in [0.1, 0.15) is 11.4 Å². The average Bonchev–Trinajstić information content (AvgIpc) is 2.87. The zero-order valence-electron chi connectivity index (χ0n) is 9.51. The Balaban J connectivity index is 2.12. The number of nitrogens with two attached hydrogens (primary N) is 1. The van der Waals surface area contributed by atoms with Crippen molar-refractivity contribution in [1.82, 2.24) is 15.3 Å². The number of fused-ring (bicyclic) bond motifs is 1. The van der Waals surface area contributed by atoms with Crippen molar-refractivity contribution >= 4 is 27.8 Å². The summed E-state index contributed by atoms with van der Waals surface area (Å²) in [6.07, 6.45) is 4.46. The van der Waals surface area contributed by atoms with Gasteiger partial charge in [-0.05, 0) is 22.4 Å². The molecule has 0 bridgehead atoms. The number of amides is 1. The van der Waals surface area contributed by atoms with Crippen molar-refractivity contribution < 1.29 is 9.78 Å². The number of anilines is 1. The van der Waals surface area contributed by atoms with Crippen LogP contribution in [0.15, 0.2) is 16.9 Å². The summed E-state index contributed by atoms with van der Waals surface area (Å²) in [6, 6.07) is 0. The molecule has 0 aromatic carbocycles. The molecule has 0 saturated heterocycles. The molecule has 0 radical (unpaired) electrons. The number of rotatable bonds is 1. The maximum Gasteiger partial charge on any atom is 0.350 e. The zero-order valence-corrected chi connectivity index (χ0v) is 11.1. The summed E-state index contributed by atoms with van der Waals surface area (Å²) in [4.78, 5) is 20.9.